The second kappa shape index (κ2) is 10.8. The Morgan fingerprint density at radius 1 is 1.22 bits per heavy atom. The second-order valence-electron chi connectivity index (χ2n) is 7.70. The van der Waals surface area contributed by atoms with E-state index in [0.717, 1.165) is 16.8 Å². The summed E-state index contributed by atoms with van der Waals surface area (Å²) >= 11 is 0. The summed E-state index contributed by atoms with van der Waals surface area (Å²) in [6.07, 6.45) is -5.26. The number of aromatic amines is 1. The molecule has 1 saturated heterocycles. The summed E-state index contributed by atoms with van der Waals surface area (Å²) in [5.41, 5.74) is -1.63. The molecule has 0 aromatic carbocycles. The molecule has 32 heavy (non-hydrogen) atoms. The molecular weight excluding hydrogens is 478 g/mol. The van der Waals surface area contributed by atoms with Crippen LogP contribution >= 0.6 is 15.6 Å². The molecule has 1 fully saturated rings. The van der Waals surface area contributed by atoms with Gasteiger partial charge < -0.3 is 39.9 Å². The monoisotopic (exact) mass is 506 g/mol. The number of aliphatic hydroxyl groups is 2. The molecule has 0 amide bonds. The van der Waals surface area contributed by atoms with Crippen molar-refractivity contribution in [1.82, 2.24) is 15.7 Å². The van der Waals surface area contributed by atoms with E-state index in [-0.39, 0.29) is 19.3 Å². The lowest BCUT2D eigenvalue weighted by Gasteiger charge is -2.27. The fourth-order valence-corrected chi connectivity index (χ4v) is 4.52. The van der Waals surface area contributed by atoms with Crippen molar-refractivity contribution in [3.63, 3.8) is 0 Å². The van der Waals surface area contributed by atoms with E-state index < -0.39 is 58.0 Å². The molecule has 186 valence electrons. The third-order valence-corrected chi connectivity index (χ3v) is 6.68. The summed E-state index contributed by atoms with van der Waals surface area (Å²) in [6, 6.07) is 0.977. The number of aliphatic hydroxyl groups excluding tert-OH is 2. The van der Waals surface area contributed by atoms with Crippen LogP contribution in [-0.4, -0.2) is 88.4 Å². The summed E-state index contributed by atoms with van der Waals surface area (Å²) in [5.74, 6) is 0. The van der Waals surface area contributed by atoms with Crippen LogP contribution in [-0.2, 0) is 27.2 Å². The minimum atomic E-state index is -5.38. The van der Waals surface area contributed by atoms with Gasteiger partial charge in [0.05, 0.1) is 27.7 Å². The van der Waals surface area contributed by atoms with Crippen LogP contribution in [0.2, 0.25) is 0 Å². The number of hydrogen-bond donors (Lipinski definition) is 5. The predicted octanol–water partition coefficient (Wildman–Crippen LogP) is -2.36. The molecular formula is C14H28N4O12P2. The van der Waals surface area contributed by atoms with Gasteiger partial charge in [0.1, 0.15) is 31.5 Å². The largest absolute Gasteiger partial charge is 0.756 e. The number of rotatable bonds is 10. The van der Waals surface area contributed by atoms with E-state index in [0.29, 0.717) is 4.48 Å². The Bertz CT molecular complexity index is 975. The molecule has 1 aliphatic heterocycles. The van der Waals surface area contributed by atoms with Crippen LogP contribution in [0.4, 0.5) is 0 Å². The molecule has 1 aliphatic rings. The first-order valence-corrected chi connectivity index (χ1v) is 11.8. The van der Waals surface area contributed by atoms with Crippen molar-refractivity contribution in [2.24, 2.45) is 0 Å². The first-order valence-electron chi connectivity index (χ1n) is 8.88. The summed E-state index contributed by atoms with van der Waals surface area (Å²) in [5, 5.41) is 20.1. The summed E-state index contributed by atoms with van der Waals surface area (Å²) < 4.78 is 43.2. The molecule has 1 aromatic rings. The van der Waals surface area contributed by atoms with Crippen LogP contribution < -0.4 is 22.3 Å². The highest BCUT2D eigenvalue weighted by Crippen LogP contribution is 2.58. The molecule has 2 heterocycles. The smallest absolute Gasteiger partial charge is 0.478 e. The standard InChI is InChI=1S/C14H25N3O12P2.H3N/c1-17(2,3)6-7-26-30(22,23)29-31(24,25)27-8-9-11(19)12(20)13(28-9)16-5-4-10(18)15-14(16)21;/h4-5,9,11-13,19-20H,6-8H2,1-3H3,(H2-,15,18,21,22,23,24,25);1H3/t9-,11?,12?,13+;/m0./s1. The lowest BCUT2D eigenvalue weighted by molar-refractivity contribution is -0.870. The number of likely N-dealkylation sites (N-methyl/N-ethyl adjacent to an activating group) is 1. The molecule has 0 radical (unpaired) electrons. The number of phosphoric ester groups is 2. The quantitative estimate of drug-likeness (QED) is 0.165. The van der Waals surface area contributed by atoms with Gasteiger partial charge in [-0.05, 0) is 0 Å². The molecule has 16 nitrogen and oxygen atoms in total. The van der Waals surface area contributed by atoms with Crippen LogP contribution in [0, 0.1) is 0 Å². The topological polar surface area (TPSA) is 245 Å². The van der Waals surface area contributed by atoms with Crippen LogP contribution in [0.15, 0.2) is 21.9 Å². The van der Waals surface area contributed by atoms with E-state index in [4.69, 9.17) is 4.74 Å². The minimum Gasteiger partial charge on any atom is -0.756 e. The Kier molecular flexibility index (Phi) is 9.69. The van der Waals surface area contributed by atoms with Gasteiger partial charge in [-0.1, -0.05) is 0 Å². The molecule has 0 bridgehead atoms. The zero-order valence-corrected chi connectivity index (χ0v) is 19.4. The van der Waals surface area contributed by atoms with Crippen LogP contribution in [0.5, 0.6) is 0 Å². The fourth-order valence-electron chi connectivity index (χ4n) is 2.49. The van der Waals surface area contributed by atoms with Crippen molar-refractivity contribution >= 4 is 15.6 Å². The number of ether oxygens (including phenoxy) is 1. The average Bonchev–Trinajstić information content (AvgIpc) is 2.86. The van der Waals surface area contributed by atoms with Gasteiger partial charge in [0.25, 0.3) is 13.4 Å². The van der Waals surface area contributed by atoms with E-state index >= 15 is 0 Å². The van der Waals surface area contributed by atoms with E-state index in [1.165, 1.54) is 0 Å². The maximum atomic E-state index is 11.9. The summed E-state index contributed by atoms with van der Waals surface area (Å²) in [4.78, 5) is 46.3. The lowest BCUT2D eigenvalue weighted by Crippen LogP contribution is -2.37. The second-order valence-corrected chi connectivity index (χ2v) is 10.7. The average molecular weight is 506 g/mol. The molecule has 18 heteroatoms. The van der Waals surface area contributed by atoms with E-state index in [9.17, 15) is 38.7 Å². The maximum absolute atomic E-state index is 11.9. The number of H-pyrrole nitrogens is 1. The van der Waals surface area contributed by atoms with Gasteiger partial charge in [0, 0.05) is 12.3 Å². The van der Waals surface area contributed by atoms with Crippen molar-refractivity contribution in [2.75, 3.05) is 40.9 Å². The Labute approximate surface area is 182 Å². The van der Waals surface area contributed by atoms with Crippen LogP contribution in [0.3, 0.4) is 0 Å². The zero-order valence-electron chi connectivity index (χ0n) is 17.6. The zero-order chi connectivity index (χ0) is 23.6. The third kappa shape index (κ3) is 8.26. The van der Waals surface area contributed by atoms with Gasteiger partial charge in [-0.25, -0.2) is 13.7 Å². The van der Waals surface area contributed by atoms with Gasteiger partial charge in [0.15, 0.2) is 6.23 Å². The van der Waals surface area contributed by atoms with Crippen LogP contribution in [0.1, 0.15) is 6.23 Å². The highest BCUT2D eigenvalue weighted by Gasteiger charge is 2.45. The Morgan fingerprint density at radius 2 is 1.84 bits per heavy atom. The third-order valence-electron chi connectivity index (χ3n) is 4.08. The molecule has 0 spiro atoms. The van der Waals surface area contributed by atoms with E-state index in [2.05, 4.69) is 13.4 Å². The van der Waals surface area contributed by atoms with Crippen LogP contribution in [0.25, 0.3) is 0 Å². The Hall–Kier alpha value is -1.26. The molecule has 6 atom stereocenters. The first-order chi connectivity index (χ1) is 14.1. The molecule has 4 unspecified atom stereocenters. The molecule has 1 aromatic heterocycles. The number of quaternary nitrogens is 1. The molecule has 0 saturated carbocycles. The van der Waals surface area contributed by atoms with Crippen molar-refractivity contribution < 1.29 is 51.7 Å². The van der Waals surface area contributed by atoms with Gasteiger partial charge in [-0.2, -0.15) is 0 Å². The van der Waals surface area contributed by atoms with Gasteiger partial charge in [0.2, 0.25) is 0 Å². The first kappa shape index (κ1) is 28.8. The van der Waals surface area contributed by atoms with Gasteiger partial charge in [-0.15, -0.1) is 0 Å². The lowest BCUT2D eigenvalue weighted by atomic mass is 10.1. The van der Waals surface area contributed by atoms with Gasteiger partial charge >= 0.3 is 13.5 Å². The maximum Gasteiger partial charge on any atom is 0.478 e. The minimum absolute atomic E-state index is 0. The number of aromatic nitrogens is 2. The Morgan fingerprint density at radius 3 is 2.41 bits per heavy atom. The van der Waals surface area contributed by atoms with Crippen molar-refractivity contribution in [3.8, 4) is 0 Å². The summed E-state index contributed by atoms with van der Waals surface area (Å²) in [6.45, 7) is -0.903. The molecule has 0 aliphatic carbocycles. The predicted molar refractivity (Wildman–Crippen MR) is 106 cm³/mol. The normalized spacial score (nSPS) is 27.3. The Balaban J connectivity index is 0.00000512. The molecule has 2 rings (SSSR count). The van der Waals surface area contributed by atoms with Gasteiger partial charge in [-0.3, -0.25) is 23.4 Å². The van der Waals surface area contributed by atoms with E-state index in [1.54, 1.807) is 21.1 Å². The van der Waals surface area contributed by atoms with Crippen molar-refractivity contribution in [3.05, 3.63) is 33.1 Å². The number of nitrogens with zero attached hydrogens (tertiary/aromatic N) is 2. The fraction of sp³-hybridized carbons (Fsp3) is 0.714. The van der Waals surface area contributed by atoms with Crippen molar-refractivity contribution in [1.29, 1.82) is 0 Å². The summed E-state index contributed by atoms with van der Waals surface area (Å²) in [7, 11) is -5.04. The SMILES string of the molecule is C[N+](C)(C)CCOP(=O)(O)OP(=O)([O-])OC[C@@H]1O[C@@H](n2ccc(=O)[nH]c2=O)C(O)C1O.N. The highest BCUT2D eigenvalue weighted by atomic mass is 31.3. The number of phosphoric acid groups is 2. The van der Waals surface area contributed by atoms with E-state index in [1.807, 2.05) is 4.98 Å². The molecule has 7 N–H and O–H groups in total. The highest BCUT2D eigenvalue weighted by molar-refractivity contribution is 7.60. The number of nitrogens with one attached hydrogen (secondary N) is 1. The van der Waals surface area contributed by atoms with Crippen molar-refractivity contribution in [2.45, 2.75) is 24.5 Å². The number of hydrogen-bond acceptors (Lipinski definition) is 12.